The zero-order valence-corrected chi connectivity index (χ0v) is 12.5. The average Bonchev–Trinajstić information content (AvgIpc) is 2.93. The van der Waals surface area contributed by atoms with Crippen LogP contribution in [0.25, 0.3) is 11.2 Å². The van der Waals surface area contributed by atoms with Crippen molar-refractivity contribution in [1.29, 1.82) is 0 Å². The second kappa shape index (κ2) is 5.23. The van der Waals surface area contributed by atoms with E-state index in [1.807, 2.05) is 0 Å². The summed E-state index contributed by atoms with van der Waals surface area (Å²) in [7, 11) is 0. The third-order valence-electron chi connectivity index (χ3n) is 4.82. The first-order valence-electron chi connectivity index (χ1n) is 7.98. The van der Waals surface area contributed by atoms with E-state index in [0.717, 1.165) is 61.7 Å². The van der Waals surface area contributed by atoms with Crippen LogP contribution >= 0.6 is 0 Å². The Kier molecular flexibility index (Phi) is 3.20. The number of nitrogens with two attached hydrogens (primary N) is 1. The Morgan fingerprint density at radius 3 is 2.77 bits per heavy atom. The number of piperidine rings is 1. The molecule has 2 aliphatic rings. The van der Waals surface area contributed by atoms with Crippen LogP contribution in [-0.2, 0) is 17.8 Å². The summed E-state index contributed by atoms with van der Waals surface area (Å²) in [6.07, 6.45) is 6.58. The number of anilines is 1. The quantitative estimate of drug-likeness (QED) is 0.888. The fourth-order valence-electron chi connectivity index (χ4n) is 3.56. The third-order valence-corrected chi connectivity index (χ3v) is 4.82. The highest BCUT2D eigenvalue weighted by molar-refractivity contribution is 5.84. The third kappa shape index (κ3) is 2.12. The van der Waals surface area contributed by atoms with E-state index in [2.05, 4.69) is 19.4 Å². The number of fused-ring (bicyclic) bond motifs is 3. The molecule has 1 amide bonds. The number of primary amides is 1. The van der Waals surface area contributed by atoms with E-state index < -0.39 is 0 Å². The molecule has 0 bridgehead atoms. The molecule has 4 heterocycles. The van der Waals surface area contributed by atoms with Gasteiger partial charge in [-0.15, -0.1) is 0 Å². The highest BCUT2D eigenvalue weighted by Crippen LogP contribution is 2.29. The van der Waals surface area contributed by atoms with Crippen LogP contribution in [0, 0.1) is 5.92 Å². The average molecular weight is 300 g/mol. The van der Waals surface area contributed by atoms with Crippen LogP contribution < -0.4 is 10.6 Å². The largest absolute Gasteiger partial charge is 0.369 e. The molecule has 116 valence electrons. The van der Waals surface area contributed by atoms with Gasteiger partial charge in [-0.1, -0.05) is 0 Å². The molecule has 0 saturated carbocycles. The fraction of sp³-hybridized carbons (Fsp3) is 0.600. The number of rotatable bonds is 2. The van der Waals surface area contributed by atoms with Crippen LogP contribution in [0.5, 0.6) is 0 Å². The second-order valence-corrected chi connectivity index (χ2v) is 6.17. The number of carbonyl (C=O) groups excluding carboxylic acids is 1. The fourth-order valence-corrected chi connectivity index (χ4v) is 3.56. The minimum Gasteiger partial charge on any atom is -0.369 e. The van der Waals surface area contributed by atoms with Gasteiger partial charge in [0, 0.05) is 32.0 Å². The van der Waals surface area contributed by atoms with E-state index in [4.69, 9.17) is 10.7 Å². The Bertz CT molecular complexity index is 716. The summed E-state index contributed by atoms with van der Waals surface area (Å²) >= 11 is 0. The van der Waals surface area contributed by atoms with Crippen molar-refractivity contribution in [2.75, 3.05) is 18.0 Å². The lowest BCUT2D eigenvalue weighted by molar-refractivity contribution is -0.122. The molecule has 0 aliphatic carbocycles. The van der Waals surface area contributed by atoms with Crippen LogP contribution in [0.15, 0.2) is 6.33 Å². The lowest BCUT2D eigenvalue weighted by Gasteiger charge is -2.31. The summed E-state index contributed by atoms with van der Waals surface area (Å²) in [5, 5.41) is 0. The molecule has 0 aromatic carbocycles. The van der Waals surface area contributed by atoms with Crippen molar-refractivity contribution in [3.63, 3.8) is 0 Å². The van der Waals surface area contributed by atoms with E-state index in [1.165, 1.54) is 12.8 Å². The number of aryl methyl sites for hydroxylation is 2. The van der Waals surface area contributed by atoms with E-state index in [9.17, 15) is 4.79 Å². The Hall–Kier alpha value is -2.18. The summed E-state index contributed by atoms with van der Waals surface area (Å²) in [4.78, 5) is 27.2. The minimum absolute atomic E-state index is 0.0104. The smallest absolute Gasteiger partial charge is 0.220 e. The summed E-state index contributed by atoms with van der Waals surface area (Å²) in [6, 6.07) is 0. The van der Waals surface area contributed by atoms with Gasteiger partial charge in [0.15, 0.2) is 17.0 Å². The van der Waals surface area contributed by atoms with Gasteiger partial charge in [0.1, 0.15) is 12.2 Å². The maximum atomic E-state index is 11.3. The van der Waals surface area contributed by atoms with Gasteiger partial charge in [0.2, 0.25) is 5.91 Å². The lowest BCUT2D eigenvalue weighted by Crippen LogP contribution is -2.39. The van der Waals surface area contributed by atoms with Crippen molar-refractivity contribution in [2.24, 2.45) is 11.7 Å². The van der Waals surface area contributed by atoms with Crippen molar-refractivity contribution >= 4 is 22.9 Å². The summed E-state index contributed by atoms with van der Waals surface area (Å²) in [5.74, 6) is 1.82. The Morgan fingerprint density at radius 1 is 1.18 bits per heavy atom. The van der Waals surface area contributed by atoms with E-state index >= 15 is 0 Å². The second-order valence-electron chi connectivity index (χ2n) is 6.17. The topological polar surface area (TPSA) is 89.9 Å². The van der Waals surface area contributed by atoms with Gasteiger partial charge in [-0.2, -0.15) is 0 Å². The molecule has 2 aromatic heterocycles. The van der Waals surface area contributed by atoms with Crippen molar-refractivity contribution in [1.82, 2.24) is 19.5 Å². The molecule has 1 fully saturated rings. The van der Waals surface area contributed by atoms with Crippen LogP contribution in [0.3, 0.4) is 0 Å². The molecule has 1 saturated heterocycles. The van der Waals surface area contributed by atoms with Crippen molar-refractivity contribution in [3.8, 4) is 0 Å². The summed E-state index contributed by atoms with van der Waals surface area (Å²) < 4.78 is 2.22. The molecule has 2 aliphatic heterocycles. The van der Waals surface area contributed by atoms with E-state index in [-0.39, 0.29) is 11.8 Å². The number of aromatic nitrogens is 4. The van der Waals surface area contributed by atoms with Gasteiger partial charge in [0.05, 0.1) is 0 Å². The Labute approximate surface area is 128 Å². The molecule has 7 heteroatoms. The molecule has 0 spiro atoms. The molecule has 0 unspecified atom stereocenters. The normalized spacial score (nSPS) is 19.4. The van der Waals surface area contributed by atoms with Crippen LogP contribution in [0.1, 0.15) is 31.5 Å². The maximum Gasteiger partial charge on any atom is 0.220 e. The molecule has 22 heavy (non-hydrogen) atoms. The summed E-state index contributed by atoms with van der Waals surface area (Å²) in [5.41, 5.74) is 7.25. The van der Waals surface area contributed by atoms with Gasteiger partial charge in [-0.25, -0.2) is 15.0 Å². The molecule has 0 radical (unpaired) electrons. The Balaban J connectivity index is 1.68. The number of hydrogen-bond donors (Lipinski definition) is 1. The van der Waals surface area contributed by atoms with E-state index in [0.29, 0.717) is 0 Å². The zero-order chi connectivity index (χ0) is 15.1. The predicted molar refractivity (Wildman–Crippen MR) is 82.4 cm³/mol. The van der Waals surface area contributed by atoms with Gasteiger partial charge < -0.3 is 15.2 Å². The monoisotopic (exact) mass is 300 g/mol. The zero-order valence-electron chi connectivity index (χ0n) is 12.5. The first-order chi connectivity index (χ1) is 10.7. The molecule has 2 aromatic rings. The predicted octanol–water partition coefficient (Wildman–Crippen LogP) is 0.864. The SMILES string of the molecule is NC(=O)C1CCN(c2ncnc3c2nc2n3CCCC2)CC1. The number of carbonyl (C=O) groups is 1. The molecule has 2 N–H and O–H groups in total. The van der Waals surface area contributed by atoms with Crippen molar-refractivity contribution < 1.29 is 4.79 Å². The lowest BCUT2D eigenvalue weighted by atomic mass is 9.96. The number of nitrogens with zero attached hydrogens (tertiary/aromatic N) is 5. The van der Waals surface area contributed by atoms with Crippen molar-refractivity contribution in [2.45, 2.75) is 38.6 Å². The van der Waals surface area contributed by atoms with Gasteiger partial charge in [-0.3, -0.25) is 4.79 Å². The molecular weight excluding hydrogens is 280 g/mol. The highest BCUT2D eigenvalue weighted by Gasteiger charge is 2.26. The number of imidazole rings is 1. The molecule has 4 rings (SSSR count). The molecule has 0 atom stereocenters. The number of hydrogen-bond acceptors (Lipinski definition) is 5. The van der Waals surface area contributed by atoms with Crippen LogP contribution in [0.4, 0.5) is 5.82 Å². The maximum absolute atomic E-state index is 11.3. The van der Waals surface area contributed by atoms with Gasteiger partial charge >= 0.3 is 0 Å². The van der Waals surface area contributed by atoms with Crippen LogP contribution in [-0.4, -0.2) is 38.5 Å². The highest BCUT2D eigenvalue weighted by atomic mass is 16.1. The Morgan fingerprint density at radius 2 is 2.00 bits per heavy atom. The molecular formula is C15H20N6O. The minimum atomic E-state index is -0.190. The van der Waals surface area contributed by atoms with E-state index in [1.54, 1.807) is 6.33 Å². The standard InChI is InChI=1S/C15H20N6O/c16-13(22)10-4-7-20(8-5-10)14-12-15(18-9-17-14)21-6-2-1-3-11(21)19-12/h9-10H,1-8H2,(H2,16,22). The van der Waals surface area contributed by atoms with Crippen LogP contribution in [0.2, 0.25) is 0 Å². The first kappa shape index (κ1) is 13.5. The number of amides is 1. The van der Waals surface area contributed by atoms with Crippen molar-refractivity contribution in [3.05, 3.63) is 12.2 Å². The summed E-state index contributed by atoms with van der Waals surface area (Å²) in [6.45, 7) is 2.58. The molecule has 7 nitrogen and oxygen atoms in total. The van der Waals surface area contributed by atoms with Gasteiger partial charge in [-0.05, 0) is 25.7 Å². The van der Waals surface area contributed by atoms with Gasteiger partial charge in [0.25, 0.3) is 0 Å². The first-order valence-corrected chi connectivity index (χ1v) is 7.98.